The molecule has 0 saturated heterocycles. The lowest BCUT2D eigenvalue weighted by Gasteiger charge is -2.21. The molecule has 0 amide bonds. The Hall–Kier alpha value is -0.120. The maximum atomic E-state index is 10.1. The Morgan fingerprint density at radius 2 is 0.516 bits per heavy atom. The summed E-state index contributed by atoms with van der Waals surface area (Å²) in [6.45, 7) is 5.53. The van der Waals surface area contributed by atoms with E-state index in [1.54, 1.807) is 0 Å². The van der Waals surface area contributed by atoms with Crippen LogP contribution >= 0.6 is 0 Å². The molecule has 0 aromatic heterocycles. The van der Waals surface area contributed by atoms with Crippen molar-refractivity contribution in [2.24, 2.45) is 0 Å². The van der Waals surface area contributed by atoms with E-state index in [-0.39, 0.29) is 0 Å². The van der Waals surface area contributed by atoms with Gasteiger partial charge in [-0.2, -0.15) is 10.4 Å². The van der Waals surface area contributed by atoms with E-state index in [0.717, 1.165) is 25.7 Å². The Balaban J connectivity index is 3.28. The van der Waals surface area contributed by atoms with Gasteiger partial charge in [0.1, 0.15) is 13.1 Å². The fraction of sp³-hybridized carbons (Fsp3) is 1.00. The first-order chi connectivity index (χ1) is 15.1. The summed E-state index contributed by atoms with van der Waals surface area (Å²) in [5.41, 5.74) is 0. The first kappa shape index (κ1) is 30.9. The molecule has 2 N–H and O–H groups in total. The van der Waals surface area contributed by atoms with Crippen LogP contribution in [0.1, 0.15) is 168 Å². The predicted octanol–water partition coefficient (Wildman–Crippen LogP) is 9.98. The fourth-order valence-electron chi connectivity index (χ4n) is 4.52. The molecule has 0 heterocycles. The minimum atomic E-state index is -0.755. The molecule has 3 nitrogen and oxygen atoms in total. The van der Waals surface area contributed by atoms with Gasteiger partial charge in [-0.3, -0.25) is 0 Å². The quantitative estimate of drug-likeness (QED) is 0.0794. The largest absolute Gasteiger partial charge is 0.182 e. The van der Waals surface area contributed by atoms with Gasteiger partial charge in [-0.1, -0.05) is 142 Å². The summed E-state index contributed by atoms with van der Waals surface area (Å²) in [5, 5.41) is 20.2. The van der Waals surface area contributed by atoms with Crippen molar-refractivity contribution in [3.63, 3.8) is 0 Å². The molecule has 0 aliphatic rings. The Bertz CT molecular complexity index is 333. The van der Waals surface area contributed by atoms with Gasteiger partial charge in [0.05, 0.1) is 0 Å². The van der Waals surface area contributed by atoms with E-state index < -0.39 is 4.81 Å². The molecule has 0 aliphatic carbocycles. The SMILES string of the molecule is CCCCCCCCCCCCCCCC[N+](O)(O)CCCCCCCCCCCC. The maximum absolute atomic E-state index is 10.1. The zero-order valence-corrected chi connectivity index (χ0v) is 21.7. The molecule has 0 unspecified atom stereocenters. The second-order valence-corrected chi connectivity index (χ2v) is 10.1. The summed E-state index contributed by atoms with van der Waals surface area (Å²) in [7, 11) is 0. The molecular formula is C28H60NO2+. The van der Waals surface area contributed by atoms with Crippen LogP contribution in [0.3, 0.4) is 0 Å². The lowest BCUT2D eigenvalue weighted by atomic mass is 10.0. The molecule has 3 heteroatoms. The average molecular weight is 443 g/mol. The zero-order valence-electron chi connectivity index (χ0n) is 21.7. The van der Waals surface area contributed by atoms with Crippen LogP contribution in [0, 0.1) is 0 Å². The Morgan fingerprint density at radius 1 is 0.323 bits per heavy atom. The molecule has 0 aromatic carbocycles. The van der Waals surface area contributed by atoms with Crippen LogP contribution < -0.4 is 0 Å². The standard InChI is InChI=1S/C28H60NO2/c1-3-5-7-9-11-13-15-16-17-18-20-22-24-26-28-29(30,31)27-25-23-21-19-14-12-10-8-6-4-2/h30-31H,3-28H2,1-2H3/q+1. The monoisotopic (exact) mass is 442 g/mol. The van der Waals surface area contributed by atoms with Gasteiger partial charge in [0.25, 0.3) is 0 Å². The van der Waals surface area contributed by atoms with Gasteiger partial charge in [-0.15, -0.1) is 0 Å². The minimum Gasteiger partial charge on any atom is -0.182 e. The number of hydrogen-bond acceptors (Lipinski definition) is 2. The van der Waals surface area contributed by atoms with Gasteiger partial charge in [0.15, 0.2) is 0 Å². The summed E-state index contributed by atoms with van der Waals surface area (Å²) in [6, 6.07) is 0. The second-order valence-electron chi connectivity index (χ2n) is 10.1. The number of unbranched alkanes of at least 4 members (excludes halogenated alkanes) is 22. The molecule has 188 valence electrons. The summed E-state index contributed by atoms with van der Waals surface area (Å²) < 4.78 is 0. The van der Waals surface area contributed by atoms with Crippen LogP contribution in [0.15, 0.2) is 0 Å². The van der Waals surface area contributed by atoms with E-state index >= 15 is 0 Å². The van der Waals surface area contributed by atoms with Crippen molar-refractivity contribution >= 4 is 0 Å². The van der Waals surface area contributed by atoms with E-state index in [0.29, 0.717) is 13.1 Å². The summed E-state index contributed by atoms with van der Waals surface area (Å²) in [4.78, 5) is -0.755. The van der Waals surface area contributed by atoms with Gasteiger partial charge < -0.3 is 0 Å². The van der Waals surface area contributed by atoms with Gasteiger partial charge >= 0.3 is 0 Å². The average Bonchev–Trinajstić information content (AvgIpc) is 2.75. The lowest BCUT2D eigenvalue weighted by Crippen LogP contribution is -2.42. The Labute approximate surface area is 196 Å². The Kier molecular flexibility index (Phi) is 24.4. The van der Waals surface area contributed by atoms with Gasteiger partial charge in [-0.05, 0) is 17.7 Å². The second kappa shape index (κ2) is 24.5. The van der Waals surface area contributed by atoms with Crippen molar-refractivity contribution in [1.29, 1.82) is 0 Å². The van der Waals surface area contributed by atoms with Crippen LogP contribution in [-0.4, -0.2) is 28.3 Å². The molecule has 0 rings (SSSR count). The molecule has 0 saturated carbocycles. The predicted molar refractivity (Wildman–Crippen MR) is 136 cm³/mol. The summed E-state index contributed by atoms with van der Waals surface area (Å²) in [5.74, 6) is 0. The van der Waals surface area contributed by atoms with Gasteiger partial charge in [0.2, 0.25) is 0 Å². The molecule has 31 heavy (non-hydrogen) atoms. The van der Waals surface area contributed by atoms with E-state index in [1.165, 1.54) is 128 Å². The van der Waals surface area contributed by atoms with Gasteiger partial charge in [-0.25, -0.2) is 0 Å². The first-order valence-corrected chi connectivity index (χ1v) is 14.4. The third-order valence-corrected chi connectivity index (χ3v) is 6.74. The van der Waals surface area contributed by atoms with E-state index in [9.17, 15) is 10.4 Å². The highest BCUT2D eigenvalue weighted by atomic mass is 16.8. The molecule has 0 spiro atoms. The number of rotatable bonds is 26. The van der Waals surface area contributed by atoms with Crippen molar-refractivity contribution in [2.45, 2.75) is 168 Å². The molecule has 0 radical (unpaired) electrons. The normalized spacial score (nSPS) is 12.0. The molecule has 0 aliphatic heterocycles. The highest BCUT2D eigenvalue weighted by Crippen LogP contribution is 2.15. The molecule has 0 bridgehead atoms. The van der Waals surface area contributed by atoms with E-state index in [1.807, 2.05) is 0 Å². The van der Waals surface area contributed by atoms with Crippen molar-refractivity contribution in [3.8, 4) is 0 Å². The van der Waals surface area contributed by atoms with Crippen LogP contribution in [0.4, 0.5) is 0 Å². The lowest BCUT2D eigenvalue weighted by molar-refractivity contribution is -1.24. The smallest absolute Gasteiger partial charge is 0.142 e. The van der Waals surface area contributed by atoms with E-state index in [2.05, 4.69) is 13.8 Å². The number of hydroxylamine groups is 4. The number of hydrogen-bond donors (Lipinski definition) is 2. The molecule has 0 aromatic rings. The third kappa shape index (κ3) is 26.0. The Morgan fingerprint density at radius 3 is 0.742 bits per heavy atom. The van der Waals surface area contributed by atoms with E-state index in [4.69, 9.17) is 0 Å². The van der Waals surface area contributed by atoms with Crippen molar-refractivity contribution in [3.05, 3.63) is 0 Å². The molecular weight excluding hydrogens is 382 g/mol. The number of nitrogens with zero attached hydrogens (tertiary/aromatic N) is 1. The van der Waals surface area contributed by atoms with Gasteiger partial charge in [0, 0.05) is 12.8 Å². The first-order valence-electron chi connectivity index (χ1n) is 14.4. The van der Waals surface area contributed by atoms with Crippen molar-refractivity contribution < 1.29 is 15.2 Å². The fourth-order valence-corrected chi connectivity index (χ4v) is 4.52. The summed E-state index contributed by atoms with van der Waals surface area (Å²) in [6.07, 6.45) is 31.5. The molecule has 0 atom stereocenters. The highest BCUT2D eigenvalue weighted by Gasteiger charge is 2.20. The summed E-state index contributed by atoms with van der Waals surface area (Å²) >= 11 is 0. The number of quaternary nitrogens is 1. The van der Waals surface area contributed by atoms with Crippen molar-refractivity contribution in [1.82, 2.24) is 0 Å². The van der Waals surface area contributed by atoms with Crippen LogP contribution in [0.2, 0.25) is 0 Å². The maximum Gasteiger partial charge on any atom is 0.142 e. The van der Waals surface area contributed by atoms with Crippen molar-refractivity contribution in [2.75, 3.05) is 13.1 Å². The molecule has 0 fully saturated rings. The minimum absolute atomic E-state index is 0.495. The highest BCUT2D eigenvalue weighted by molar-refractivity contribution is 4.50. The topological polar surface area (TPSA) is 40.5 Å². The third-order valence-electron chi connectivity index (χ3n) is 6.74. The zero-order chi connectivity index (χ0) is 22.9. The van der Waals surface area contributed by atoms with Crippen LogP contribution in [0.25, 0.3) is 0 Å². The van der Waals surface area contributed by atoms with Crippen LogP contribution in [-0.2, 0) is 0 Å². The van der Waals surface area contributed by atoms with Crippen LogP contribution in [0.5, 0.6) is 0 Å².